The Morgan fingerprint density at radius 3 is 2.62 bits per heavy atom. The van der Waals surface area contributed by atoms with Crippen LogP contribution in [0.2, 0.25) is 0 Å². The van der Waals surface area contributed by atoms with E-state index in [0.29, 0.717) is 26.1 Å². The Kier molecular flexibility index (Phi) is 5.30. The van der Waals surface area contributed by atoms with Crippen LogP contribution < -0.4 is 4.90 Å². The van der Waals surface area contributed by atoms with Crippen molar-refractivity contribution in [2.45, 2.75) is 33.1 Å². The molecule has 6 heteroatoms. The van der Waals surface area contributed by atoms with Gasteiger partial charge in [-0.2, -0.15) is 0 Å². The molecule has 3 atom stereocenters. The zero-order chi connectivity index (χ0) is 18.8. The van der Waals surface area contributed by atoms with Crippen molar-refractivity contribution >= 4 is 23.5 Å². The first kappa shape index (κ1) is 18.4. The first-order chi connectivity index (χ1) is 12.4. The predicted molar refractivity (Wildman–Crippen MR) is 97.8 cm³/mol. The topological polar surface area (TPSA) is 77.9 Å². The van der Waals surface area contributed by atoms with E-state index >= 15 is 0 Å². The number of aliphatic carboxylic acids is 1. The van der Waals surface area contributed by atoms with Crippen LogP contribution in [-0.2, 0) is 20.8 Å². The van der Waals surface area contributed by atoms with E-state index in [1.54, 1.807) is 9.80 Å². The highest BCUT2D eigenvalue weighted by Gasteiger charge is 2.40. The second kappa shape index (κ2) is 7.48. The molecule has 2 fully saturated rings. The minimum Gasteiger partial charge on any atom is -0.481 e. The molecule has 0 spiro atoms. The van der Waals surface area contributed by atoms with Crippen molar-refractivity contribution in [2.24, 2.45) is 17.8 Å². The third-order valence-electron chi connectivity index (χ3n) is 5.67. The van der Waals surface area contributed by atoms with Gasteiger partial charge in [0.05, 0.1) is 11.8 Å². The number of carbonyl (C=O) groups excluding carboxylic acids is 2. The summed E-state index contributed by atoms with van der Waals surface area (Å²) in [5.41, 5.74) is 2.00. The van der Waals surface area contributed by atoms with Gasteiger partial charge in [0.15, 0.2) is 0 Å². The molecule has 3 unspecified atom stereocenters. The fraction of sp³-hybridized carbons (Fsp3) is 0.550. The van der Waals surface area contributed by atoms with Gasteiger partial charge in [0.1, 0.15) is 0 Å². The van der Waals surface area contributed by atoms with Crippen LogP contribution in [0.1, 0.15) is 32.3 Å². The molecule has 0 aromatic heterocycles. The molecule has 2 aliphatic rings. The van der Waals surface area contributed by atoms with Crippen molar-refractivity contribution < 1.29 is 19.5 Å². The van der Waals surface area contributed by atoms with Gasteiger partial charge < -0.3 is 14.9 Å². The molecule has 2 aliphatic heterocycles. The standard InChI is InChI=1S/C20H26N2O4/c1-3-14-6-4-5-7-17(14)22-12-15(10-18(22)23)19(24)21-9-8-16(20(25)26)13(2)11-21/h4-7,13,15-16H,3,8-12H2,1-2H3,(H,25,26). The van der Waals surface area contributed by atoms with E-state index in [-0.39, 0.29) is 30.1 Å². The van der Waals surface area contributed by atoms with E-state index in [2.05, 4.69) is 6.92 Å². The Balaban J connectivity index is 1.69. The van der Waals surface area contributed by atoms with Crippen LogP contribution in [0.25, 0.3) is 0 Å². The maximum atomic E-state index is 12.9. The summed E-state index contributed by atoms with van der Waals surface area (Å²) in [4.78, 5) is 40.1. The number of anilines is 1. The molecular weight excluding hydrogens is 332 g/mol. The summed E-state index contributed by atoms with van der Waals surface area (Å²) >= 11 is 0. The lowest BCUT2D eigenvalue weighted by Gasteiger charge is -2.36. The van der Waals surface area contributed by atoms with Crippen LogP contribution in [0.5, 0.6) is 0 Å². The van der Waals surface area contributed by atoms with Crippen molar-refractivity contribution in [3.8, 4) is 0 Å². The normalized spacial score (nSPS) is 26.2. The van der Waals surface area contributed by atoms with Crippen molar-refractivity contribution in [3.05, 3.63) is 29.8 Å². The van der Waals surface area contributed by atoms with Gasteiger partial charge in [-0.15, -0.1) is 0 Å². The zero-order valence-electron chi connectivity index (χ0n) is 15.4. The number of rotatable bonds is 4. The summed E-state index contributed by atoms with van der Waals surface area (Å²) in [5.74, 6) is -1.64. The van der Waals surface area contributed by atoms with Gasteiger partial charge in [-0.1, -0.05) is 32.0 Å². The van der Waals surface area contributed by atoms with Gasteiger partial charge in [0, 0.05) is 31.7 Å². The fourth-order valence-electron chi connectivity index (χ4n) is 4.15. The van der Waals surface area contributed by atoms with E-state index < -0.39 is 11.9 Å². The van der Waals surface area contributed by atoms with E-state index in [4.69, 9.17) is 0 Å². The van der Waals surface area contributed by atoms with Crippen molar-refractivity contribution in [1.82, 2.24) is 4.90 Å². The second-order valence-electron chi connectivity index (χ2n) is 7.38. The summed E-state index contributed by atoms with van der Waals surface area (Å²) < 4.78 is 0. The van der Waals surface area contributed by atoms with Crippen LogP contribution in [-0.4, -0.2) is 47.4 Å². The molecule has 6 nitrogen and oxygen atoms in total. The molecular formula is C20H26N2O4. The predicted octanol–water partition coefficient (Wildman–Crippen LogP) is 2.17. The molecule has 3 rings (SSSR count). The lowest BCUT2D eigenvalue weighted by Crippen LogP contribution is -2.47. The van der Waals surface area contributed by atoms with Crippen LogP contribution in [0.15, 0.2) is 24.3 Å². The molecule has 0 radical (unpaired) electrons. The number of carboxylic acids is 1. The smallest absolute Gasteiger partial charge is 0.306 e. The molecule has 0 aliphatic carbocycles. The highest BCUT2D eigenvalue weighted by Crippen LogP contribution is 2.31. The first-order valence-corrected chi connectivity index (χ1v) is 9.32. The Morgan fingerprint density at radius 2 is 1.96 bits per heavy atom. The number of piperidine rings is 1. The molecule has 2 heterocycles. The van der Waals surface area contributed by atoms with Crippen LogP contribution >= 0.6 is 0 Å². The minimum atomic E-state index is -0.789. The molecule has 0 saturated carbocycles. The summed E-state index contributed by atoms with van der Waals surface area (Å²) in [6.07, 6.45) is 1.54. The highest BCUT2D eigenvalue weighted by atomic mass is 16.4. The second-order valence-corrected chi connectivity index (χ2v) is 7.38. The van der Waals surface area contributed by atoms with E-state index in [9.17, 15) is 19.5 Å². The Bertz CT molecular complexity index is 718. The summed E-state index contributed by atoms with van der Waals surface area (Å²) in [7, 11) is 0. The molecule has 2 saturated heterocycles. The highest BCUT2D eigenvalue weighted by molar-refractivity contribution is 6.00. The number of hydrogen-bond acceptors (Lipinski definition) is 3. The number of amides is 2. The molecule has 2 amide bonds. The van der Waals surface area contributed by atoms with Gasteiger partial charge in [-0.25, -0.2) is 0 Å². The van der Waals surface area contributed by atoms with Gasteiger partial charge in [-0.05, 0) is 30.4 Å². The quantitative estimate of drug-likeness (QED) is 0.895. The van der Waals surface area contributed by atoms with Gasteiger partial charge in [0.2, 0.25) is 11.8 Å². The lowest BCUT2D eigenvalue weighted by atomic mass is 9.86. The first-order valence-electron chi connectivity index (χ1n) is 9.32. The molecule has 140 valence electrons. The van der Waals surface area contributed by atoms with Crippen molar-refractivity contribution in [1.29, 1.82) is 0 Å². The van der Waals surface area contributed by atoms with Gasteiger partial charge in [0.25, 0.3) is 0 Å². The number of carbonyl (C=O) groups is 3. The van der Waals surface area contributed by atoms with Crippen LogP contribution in [0.3, 0.4) is 0 Å². The van der Waals surface area contributed by atoms with Gasteiger partial charge >= 0.3 is 5.97 Å². The van der Waals surface area contributed by atoms with Crippen LogP contribution in [0, 0.1) is 17.8 Å². The molecule has 26 heavy (non-hydrogen) atoms. The zero-order valence-corrected chi connectivity index (χ0v) is 15.4. The number of hydrogen-bond donors (Lipinski definition) is 1. The minimum absolute atomic E-state index is 0.0160. The Labute approximate surface area is 153 Å². The molecule has 1 aromatic carbocycles. The molecule has 0 bridgehead atoms. The Morgan fingerprint density at radius 1 is 1.23 bits per heavy atom. The fourth-order valence-corrected chi connectivity index (χ4v) is 4.15. The number of aryl methyl sites for hydroxylation is 1. The monoisotopic (exact) mass is 358 g/mol. The van der Waals surface area contributed by atoms with E-state index in [1.807, 2.05) is 31.2 Å². The summed E-state index contributed by atoms with van der Waals surface area (Å²) in [6, 6.07) is 7.81. The number of likely N-dealkylation sites (tertiary alicyclic amines) is 1. The average Bonchev–Trinajstić information content (AvgIpc) is 3.02. The third-order valence-corrected chi connectivity index (χ3v) is 5.67. The van der Waals surface area contributed by atoms with Crippen LogP contribution in [0.4, 0.5) is 5.69 Å². The number of nitrogens with zero attached hydrogens (tertiary/aromatic N) is 2. The maximum absolute atomic E-state index is 12.9. The largest absolute Gasteiger partial charge is 0.481 e. The third kappa shape index (κ3) is 3.45. The van der Waals surface area contributed by atoms with Gasteiger partial charge in [-0.3, -0.25) is 14.4 Å². The number of benzene rings is 1. The maximum Gasteiger partial charge on any atom is 0.306 e. The SMILES string of the molecule is CCc1ccccc1N1CC(C(=O)N2CCC(C(=O)O)C(C)C2)CC1=O. The summed E-state index contributed by atoms with van der Waals surface area (Å²) in [5, 5.41) is 9.24. The number of para-hydroxylation sites is 1. The Hall–Kier alpha value is -2.37. The molecule has 1 aromatic rings. The summed E-state index contributed by atoms with van der Waals surface area (Å²) in [6.45, 7) is 5.24. The van der Waals surface area contributed by atoms with E-state index in [1.165, 1.54) is 0 Å². The van der Waals surface area contributed by atoms with Crippen molar-refractivity contribution in [3.63, 3.8) is 0 Å². The van der Waals surface area contributed by atoms with Crippen molar-refractivity contribution in [2.75, 3.05) is 24.5 Å². The average molecular weight is 358 g/mol. The van der Waals surface area contributed by atoms with E-state index in [0.717, 1.165) is 17.7 Å². The lowest BCUT2D eigenvalue weighted by molar-refractivity contribution is -0.149. The molecule has 1 N–H and O–H groups in total. The number of carboxylic acid groups (broad SMARTS) is 1.